The van der Waals surface area contributed by atoms with E-state index >= 15 is 0 Å². The van der Waals surface area contributed by atoms with Gasteiger partial charge in [0, 0.05) is 12.8 Å². The summed E-state index contributed by atoms with van der Waals surface area (Å²) in [5.41, 5.74) is 6.50. The lowest BCUT2D eigenvalue weighted by atomic mass is 9.95. The predicted octanol–water partition coefficient (Wildman–Crippen LogP) is 2.70. The Kier molecular flexibility index (Phi) is 24.6. The van der Waals surface area contributed by atoms with Crippen molar-refractivity contribution in [1.29, 1.82) is 0 Å². The lowest BCUT2D eigenvalue weighted by molar-refractivity contribution is -0.140. The molecule has 0 bridgehead atoms. The molecule has 324 valence electrons. The zero-order valence-corrected chi connectivity index (χ0v) is 35.2. The number of benzene rings is 1. The summed E-state index contributed by atoms with van der Waals surface area (Å²) in [5.74, 6) is -3.71. The van der Waals surface area contributed by atoms with Gasteiger partial charge in [-0.3, -0.25) is 28.8 Å². The molecule has 0 unspecified atom stereocenters. The van der Waals surface area contributed by atoms with Crippen molar-refractivity contribution in [2.24, 2.45) is 23.5 Å². The fraction of sp³-hybridized carbons (Fsp3) is 0.714. The minimum atomic E-state index is -1.36. The van der Waals surface area contributed by atoms with E-state index in [0.717, 1.165) is 12.0 Å². The summed E-state index contributed by atoms with van der Waals surface area (Å²) in [6.45, 7) is 13.7. The summed E-state index contributed by atoms with van der Waals surface area (Å²) in [6.07, 6.45) is 0.262. The van der Waals surface area contributed by atoms with Crippen molar-refractivity contribution >= 4 is 35.5 Å². The van der Waals surface area contributed by atoms with Gasteiger partial charge in [0.05, 0.1) is 37.1 Å². The van der Waals surface area contributed by atoms with E-state index in [9.17, 15) is 44.1 Å². The standard InChI is InChI=1S/C42H72N6O9/c1-8-9-17-31(46-42(57)34(45-37(51)22-28(6)7)23-29-15-11-10-12-16-29)41(56)47-32(20-26(2)3)35(49)24-38(52)44-30(18-13-14-19-43)40(55)48-33(21-27(4)5)36(50)25-39(53)54/h10-12,15-16,26-28,30-36,49-50H,8-9,13-14,17-25,43H2,1-7H3,(H,44,52)(H,45,51)(H,46,57)(H,47,56)(H,48,55)(H,53,54)/t30-,31-,32-,33-,34-,35-,36-/m0/s1. The average molecular weight is 805 g/mol. The van der Waals surface area contributed by atoms with Crippen LogP contribution in [-0.4, -0.2) is 99.8 Å². The van der Waals surface area contributed by atoms with Gasteiger partial charge in [-0.2, -0.15) is 0 Å². The van der Waals surface area contributed by atoms with Crippen LogP contribution in [0.1, 0.15) is 125 Å². The number of carboxylic acids is 1. The first-order chi connectivity index (χ1) is 26.9. The van der Waals surface area contributed by atoms with Gasteiger partial charge in [-0.1, -0.05) is 91.6 Å². The lowest BCUT2D eigenvalue weighted by Gasteiger charge is -2.30. The summed E-state index contributed by atoms with van der Waals surface area (Å²) in [6, 6.07) is 4.51. The SMILES string of the molecule is CCCC[C@H](NC(=O)[C@H](Cc1ccccc1)NC(=O)CC(C)C)C(=O)N[C@@H](CC(C)C)[C@@H](O)CC(=O)N[C@@H](CCCCN)C(=O)N[C@@H](CC(C)C)[C@@H](O)CC(=O)O. The molecule has 0 spiro atoms. The van der Waals surface area contributed by atoms with E-state index in [1.54, 1.807) is 0 Å². The summed E-state index contributed by atoms with van der Waals surface area (Å²) in [7, 11) is 0. The van der Waals surface area contributed by atoms with Gasteiger partial charge in [0.15, 0.2) is 0 Å². The van der Waals surface area contributed by atoms with Crippen LogP contribution in [0.25, 0.3) is 0 Å². The summed E-state index contributed by atoms with van der Waals surface area (Å²) in [5, 5.41) is 45.1. The smallest absolute Gasteiger partial charge is 0.306 e. The molecule has 5 amide bonds. The number of nitrogens with one attached hydrogen (secondary N) is 5. The molecule has 0 aliphatic rings. The molecule has 0 aliphatic carbocycles. The van der Waals surface area contributed by atoms with Gasteiger partial charge in [0.25, 0.3) is 0 Å². The fourth-order valence-electron chi connectivity index (χ4n) is 6.51. The first-order valence-electron chi connectivity index (χ1n) is 20.7. The minimum Gasteiger partial charge on any atom is -0.481 e. The van der Waals surface area contributed by atoms with Crippen LogP contribution in [0.4, 0.5) is 0 Å². The quantitative estimate of drug-likeness (QED) is 0.0536. The number of hydrogen-bond acceptors (Lipinski definition) is 9. The van der Waals surface area contributed by atoms with E-state index < -0.39 is 84.9 Å². The van der Waals surface area contributed by atoms with Crippen LogP contribution < -0.4 is 32.3 Å². The maximum Gasteiger partial charge on any atom is 0.306 e. The van der Waals surface area contributed by atoms with Crippen molar-refractivity contribution in [3.63, 3.8) is 0 Å². The van der Waals surface area contributed by atoms with Crippen molar-refractivity contribution in [3.8, 4) is 0 Å². The Morgan fingerprint density at radius 3 is 1.56 bits per heavy atom. The van der Waals surface area contributed by atoms with Crippen LogP contribution in [-0.2, 0) is 35.2 Å². The van der Waals surface area contributed by atoms with Crippen molar-refractivity contribution in [1.82, 2.24) is 26.6 Å². The molecule has 0 heterocycles. The number of amides is 5. The molecule has 0 radical (unpaired) electrons. The highest BCUT2D eigenvalue weighted by Crippen LogP contribution is 2.16. The van der Waals surface area contributed by atoms with Crippen LogP contribution in [0, 0.1) is 17.8 Å². The highest BCUT2D eigenvalue weighted by atomic mass is 16.4. The van der Waals surface area contributed by atoms with E-state index in [-0.39, 0.29) is 42.9 Å². The number of hydrogen-bond donors (Lipinski definition) is 9. The molecular formula is C42H72N6O9. The molecule has 1 aromatic rings. The molecule has 0 saturated heterocycles. The zero-order valence-electron chi connectivity index (χ0n) is 35.2. The molecule has 0 aromatic heterocycles. The zero-order chi connectivity index (χ0) is 43.1. The van der Waals surface area contributed by atoms with Crippen molar-refractivity contribution in [2.75, 3.05) is 6.54 Å². The minimum absolute atomic E-state index is 0.00646. The molecule has 15 nitrogen and oxygen atoms in total. The van der Waals surface area contributed by atoms with E-state index in [1.807, 2.05) is 78.8 Å². The molecular weight excluding hydrogens is 732 g/mol. The van der Waals surface area contributed by atoms with Gasteiger partial charge < -0.3 is 47.6 Å². The number of unbranched alkanes of at least 4 members (excludes halogenated alkanes) is 2. The van der Waals surface area contributed by atoms with Crippen LogP contribution in [0.15, 0.2) is 30.3 Å². The van der Waals surface area contributed by atoms with Crippen LogP contribution in [0.3, 0.4) is 0 Å². The monoisotopic (exact) mass is 805 g/mol. The maximum absolute atomic E-state index is 13.9. The van der Waals surface area contributed by atoms with Gasteiger partial charge in [-0.15, -0.1) is 0 Å². The Balaban J connectivity index is 3.21. The van der Waals surface area contributed by atoms with Crippen LogP contribution in [0.5, 0.6) is 0 Å². The van der Waals surface area contributed by atoms with Crippen molar-refractivity contribution < 1.29 is 44.1 Å². The Bertz CT molecular complexity index is 1380. The molecule has 10 N–H and O–H groups in total. The summed E-state index contributed by atoms with van der Waals surface area (Å²) >= 11 is 0. The Morgan fingerprint density at radius 2 is 1.07 bits per heavy atom. The second-order valence-corrected chi connectivity index (χ2v) is 16.4. The average Bonchev–Trinajstić information content (AvgIpc) is 3.11. The first kappa shape index (κ1) is 50.9. The second kappa shape index (κ2) is 27.5. The van der Waals surface area contributed by atoms with E-state index in [4.69, 9.17) is 5.73 Å². The Labute approximate surface area is 339 Å². The largest absolute Gasteiger partial charge is 0.481 e. The predicted molar refractivity (Wildman–Crippen MR) is 219 cm³/mol. The highest BCUT2D eigenvalue weighted by molar-refractivity contribution is 5.92. The molecule has 0 aliphatic heterocycles. The van der Waals surface area contributed by atoms with Crippen LogP contribution in [0.2, 0.25) is 0 Å². The lowest BCUT2D eigenvalue weighted by Crippen LogP contribution is -2.57. The number of aliphatic carboxylic acids is 1. The molecule has 57 heavy (non-hydrogen) atoms. The number of nitrogens with two attached hydrogens (primary N) is 1. The topological polar surface area (TPSA) is 249 Å². The first-order valence-corrected chi connectivity index (χ1v) is 20.7. The molecule has 1 aromatic carbocycles. The number of carbonyl (C=O) groups excluding carboxylic acids is 5. The third-order valence-corrected chi connectivity index (χ3v) is 9.42. The van der Waals surface area contributed by atoms with Crippen molar-refractivity contribution in [3.05, 3.63) is 35.9 Å². The molecule has 1 rings (SSSR count). The Hall–Kier alpha value is -4.08. The number of carbonyl (C=O) groups is 6. The summed E-state index contributed by atoms with van der Waals surface area (Å²) in [4.78, 5) is 78.6. The maximum atomic E-state index is 13.9. The number of aliphatic hydroxyl groups excluding tert-OH is 2. The normalized spacial score (nSPS) is 15.2. The fourth-order valence-corrected chi connectivity index (χ4v) is 6.51. The van der Waals surface area contributed by atoms with E-state index in [0.29, 0.717) is 45.1 Å². The third kappa shape index (κ3) is 21.9. The Morgan fingerprint density at radius 1 is 0.596 bits per heavy atom. The van der Waals surface area contributed by atoms with Gasteiger partial charge >= 0.3 is 5.97 Å². The number of rotatable bonds is 29. The second-order valence-electron chi connectivity index (χ2n) is 16.4. The van der Waals surface area contributed by atoms with Gasteiger partial charge in [0.1, 0.15) is 18.1 Å². The highest BCUT2D eigenvalue weighted by Gasteiger charge is 2.33. The summed E-state index contributed by atoms with van der Waals surface area (Å²) < 4.78 is 0. The van der Waals surface area contributed by atoms with Gasteiger partial charge in [-0.25, -0.2) is 0 Å². The molecule has 0 fully saturated rings. The van der Waals surface area contributed by atoms with Gasteiger partial charge in [0.2, 0.25) is 29.5 Å². The van der Waals surface area contributed by atoms with E-state index in [2.05, 4.69) is 26.6 Å². The molecule has 7 atom stereocenters. The third-order valence-electron chi connectivity index (χ3n) is 9.42. The van der Waals surface area contributed by atoms with E-state index in [1.165, 1.54) is 0 Å². The number of carboxylic acid groups (broad SMARTS) is 1. The number of aliphatic hydroxyl groups is 2. The van der Waals surface area contributed by atoms with Crippen molar-refractivity contribution in [2.45, 2.75) is 168 Å². The van der Waals surface area contributed by atoms with Gasteiger partial charge in [-0.05, 0) is 68.4 Å². The molecule has 0 saturated carbocycles. The molecule has 15 heteroatoms. The van der Waals surface area contributed by atoms with Crippen LogP contribution >= 0.6 is 0 Å².